The highest BCUT2D eigenvalue weighted by atomic mass is 16.5. The summed E-state index contributed by atoms with van der Waals surface area (Å²) >= 11 is 0. The van der Waals surface area contributed by atoms with Crippen LogP contribution in [0.2, 0.25) is 0 Å². The molecular formula is C21H26N2O2. The molecule has 2 aromatic carbocycles. The van der Waals surface area contributed by atoms with Crippen molar-refractivity contribution >= 4 is 5.91 Å². The van der Waals surface area contributed by atoms with Crippen molar-refractivity contribution in [2.24, 2.45) is 0 Å². The van der Waals surface area contributed by atoms with Crippen molar-refractivity contribution in [3.63, 3.8) is 0 Å². The van der Waals surface area contributed by atoms with E-state index in [0.717, 1.165) is 25.0 Å². The average molecular weight is 338 g/mol. The molecular weight excluding hydrogens is 312 g/mol. The lowest BCUT2D eigenvalue weighted by molar-refractivity contribution is -0.122. The van der Waals surface area contributed by atoms with Crippen LogP contribution in [-0.4, -0.2) is 44.1 Å². The minimum atomic E-state index is 0.0898. The fourth-order valence-corrected chi connectivity index (χ4v) is 3.40. The summed E-state index contributed by atoms with van der Waals surface area (Å²) in [6, 6.07) is 17.0. The van der Waals surface area contributed by atoms with Gasteiger partial charge in [-0.25, -0.2) is 0 Å². The molecule has 4 nitrogen and oxygen atoms in total. The molecule has 0 radical (unpaired) electrons. The summed E-state index contributed by atoms with van der Waals surface area (Å²) in [7, 11) is 3.70. The Kier molecular flexibility index (Phi) is 5.71. The van der Waals surface area contributed by atoms with Crippen molar-refractivity contribution < 1.29 is 9.53 Å². The molecule has 0 bridgehead atoms. The zero-order chi connectivity index (χ0) is 17.6. The van der Waals surface area contributed by atoms with Crippen molar-refractivity contribution in [2.45, 2.75) is 25.3 Å². The van der Waals surface area contributed by atoms with Gasteiger partial charge in [0, 0.05) is 12.6 Å². The minimum absolute atomic E-state index is 0.0898. The highest BCUT2D eigenvalue weighted by Crippen LogP contribution is 2.24. The number of benzene rings is 2. The maximum atomic E-state index is 12.2. The summed E-state index contributed by atoms with van der Waals surface area (Å²) in [5, 5.41) is 3.02. The molecule has 1 amide bonds. The molecule has 0 unspecified atom stereocenters. The predicted molar refractivity (Wildman–Crippen MR) is 100.0 cm³/mol. The van der Waals surface area contributed by atoms with Crippen LogP contribution >= 0.6 is 0 Å². The van der Waals surface area contributed by atoms with E-state index in [9.17, 15) is 4.79 Å². The van der Waals surface area contributed by atoms with Crippen molar-refractivity contribution in [3.05, 3.63) is 65.2 Å². The first-order valence-corrected chi connectivity index (χ1v) is 8.82. The summed E-state index contributed by atoms with van der Waals surface area (Å²) in [6.07, 6.45) is 2.89. The SMILES string of the molecule is COc1ccc(CCNC(=O)CN(C)C2Cc3ccccc3C2)cc1. The number of likely N-dealkylation sites (N-methyl/N-ethyl adjacent to an activating group) is 1. The fraction of sp³-hybridized carbons (Fsp3) is 0.381. The lowest BCUT2D eigenvalue weighted by atomic mass is 10.1. The number of rotatable bonds is 7. The number of methoxy groups -OCH3 is 1. The van der Waals surface area contributed by atoms with Gasteiger partial charge < -0.3 is 10.1 Å². The maximum Gasteiger partial charge on any atom is 0.234 e. The molecule has 3 rings (SSSR count). The van der Waals surface area contributed by atoms with Crippen molar-refractivity contribution in [1.29, 1.82) is 0 Å². The molecule has 132 valence electrons. The number of hydrogen-bond acceptors (Lipinski definition) is 3. The summed E-state index contributed by atoms with van der Waals surface area (Å²) in [4.78, 5) is 14.4. The zero-order valence-electron chi connectivity index (χ0n) is 15.0. The standard InChI is InChI=1S/C21H26N2O2/c1-23(19-13-17-5-3-4-6-18(17)14-19)15-21(24)22-12-11-16-7-9-20(25-2)10-8-16/h3-10,19H,11-15H2,1-2H3,(H,22,24). The van der Waals surface area contributed by atoms with E-state index in [1.54, 1.807) is 7.11 Å². The molecule has 0 saturated carbocycles. The van der Waals surface area contributed by atoms with Gasteiger partial charge in [-0.3, -0.25) is 9.69 Å². The Balaban J connectivity index is 1.40. The van der Waals surface area contributed by atoms with Gasteiger partial charge in [0.2, 0.25) is 5.91 Å². The van der Waals surface area contributed by atoms with Crippen LogP contribution in [0, 0.1) is 0 Å². The van der Waals surface area contributed by atoms with Gasteiger partial charge in [0.05, 0.1) is 13.7 Å². The summed E-state index contributed by atoms with van der Waals surface area (Å²) < 4.78 is 5.15. The van der Waals surface area contributed by atoms with E-state index in [-0.39, 0.29) is 5.91 Å². The van der Waals surface area contributed by atoms with Gasteiger partial charge in [-0.15, -0.1) is 0 Å². The third-order valence-corrected chi connectivity index (χ3v) is 4.94. The zero-order valence-corrected chi connectivity index (χ0v) is 15.0. The average Bonchev–Trinajstić information content (AvgIpc) is 3.06. The molecule has 0 heterocycles. The van der Waals surface area contributed by atoms with Crippen molar-refractivity contribution in [3.8, 4) is 5.75 Å². The van der Waals surface area contributed by atoms with E-state index < -0.39 is 0 Å². The van der Waals surface area contributed by atoms with Crippen LogP contribution in [0.3, 0.4) is 0 Å². The van der Waals surface area contributed by atoms with E-state index in [4.69, 9.17) is 4.74 Å². The first-order valence-electron chi connectivity index (χ1n) is 8.82. The number of carbonyl (C=O) groups is 1. The number of hydrogen-bond donors (Lipinski definition) is 1. The molecule has 1 aliphatic rings. The molecule has 2 aromatic rings. The Morgan fingerprint density at radius 3 is 2.36 bits per heavy atom. The molecule has 25 heavy (non-hydrogen) atoms. The van der Waals surface area contributed by atoms with E-state index in [0.29, 0.717) is 19.1 Å². The third kappa shape index (κ3) is 4.60. The van der Waals surface area contributed by atoms with Gasteiger partial charge in [-0.1, -0.05) is 36.4 Å². The second kappa shape index (κ2) is 8.17. The number of nitrogens with one attached hydrogen (secondary N) is 1. The number of carbonyl (C=O) groups excluding carboxylic acids is 1. The summed E-state index contributed by atoms with van der Waals surface area (Å²) in [6.45, 7) is 1.10. The van der Waals surface area contributed by atoms with Gasteiger partial charge >= 0.3 is 0 Å². The van der Waals surface area contributed by atoms with Crippen LogP contribution in [0.25, 0.3) is 0 Å². The second-order valence-corrected chi connectivity index (χ2v) is 6.69. The Labute approximate surface area is 149 Å². The van der Waals surface area contributed by atoms with Crippen LogP contribution in [-0.2, 0) is 24.1 Å². The predicted octanol–water partition coefficient (Wildman–Crippen LogP) is 2.45. The summed E-state index contributed by atoms with van der Waals surface area (Å²) in [5.41, 5.74) is 4.03. The number of nitrogens with zero attached hydrogens (tertiary/aromatic N) is 1. The van der Waals surface area contributed by atoms with Crippen LogP contribution in [0.5, 0.6) is 5.75 Å². The smallest absolute Gasteiger partial charge is 0.234 e. The lowest BCUT2D eigenvalue weighted by Crippen LogP contribution is -2.41. The molecule has 1 N–H and O–H groups in total. The second-order valence-electron chi connectivity index (χ2n) is 6.69. The van der Waals surface area contributed by atoms with Gasteiger partial charge in [-0.2, -0.15) is 0 Å². The Bertz CT molecular complexity index is 687. The van der Waals surface area contributed by atoms with Crippen LogP contribution in [0.4, 0.5) is 0 Å². The van der Waals surface area contributed by atoms with Crippen LogP contribution in [0.15, 0.2) is 48.5 Å². The molecule has 0 aromatic heterocycles. The Morgan fingerprint density at radius 2 is 1.76 bits per heavy atom. The first kappa shape index (κ1) is 17.5. The van der Waals surface area contributed by atoms with Gasteiger partial charge in [0.15, 0.2) is 0 Å². The monoisotopic (exact) mass is 338 g/mol. The van der Waals surface area contributed by atoms with E-state index >= 15 is 0 Å². The summed E-state index contributed by atoms with van der Waals surface area (Å²) in [5.74, 6) is 0.943. The van der Waals surface area contributed by atoms with Gasteiger partial charge in [-0.05, 0) is 55.1 Å². The molecule has 0 atom stereocenters. The van der Waals surface area contributed by atoms with Crippen LogP contribution < -0.4 is 10.1 Å². The maximum absolute atomic E-state index is 12.2. The topological polar surface area (TPSA) is 41.6 Å². The van der Waals surface area contributed by atoms with E-state index in [1.165, 1.54) is 16.7 Å². The molecule has 4 heteroatoms. The first-order chi connectivity index (χ1) is 12.2. The Morgan fingerprint density at radius 1 is 1.12 bits per heavy atom. The number of ether oxygens (including phenoxy) is 1. The third-order valence-electron chi connectivity index (χ3n) is 4.94. The minimum Gasteiger partial charge on any atom is -0.497 e. The molecule has 1 aliphatic carbocycles. The van der Waals surface area contributed by atoms with Gasteiger partial charge in [0.1, 0.15) is 5.75 Å². The highest BCUT2D eigenvalue weighted by molar-refractivity contribution is 5.78. The molecule has 0 spiro atoms. The Hall–Kier alpha value is -2.33. The number of fused-ring (bicyclic) bond motifs is 1. The van der Waals surface area contributed by atoms with Crippen molar-refractivity contribution in [1.82, 2.24) is 10.2 Å². The molecule has 0 saturated heterocycles. The van der Waals surface area contributed by atoms with E-state index in [2.05, 4.69) is 34.5 Å². The normalized spacial score (nSPS) is 13.7. The molecule has 0 aliphatic heterocycles. The van der Waals surface area contributed by atoms with Crippen molar-refractivity contribution in [2.75, 3.05) is 27.2 Å². The highest BCUT2D eigenvalue weighted by Gasteiger charge is 2.25. The molecule has 0 fully saturated rings. The quantitative estimate of drug-likeness (QED) is 0.843. The number of amides is 1. The fourth-order valence-electron chi connectivity index (χ4n) is 3.40. The largest absolute Gasteiger partial charge is 0.497 e. The van der Waals surface area contributed by atoms with Crippen LogP contribution in [0.1, 0.15) is 16.7 Å². The van der Waals surface area contributed by atoms with E-state index in [1.807, 2.05) is 31.3 Å². The lowest BCUT2D eigenvalue weighted by Gasteiger charge is -2.23. The van der Waals surface area contributed by atoms with Gasteiger partial charge in [0.25, 0.3) is 0 Å².